The molecule has 15 heavy (non-hydrogen) atoms. The first kappa shape index (κ1) is 11.4. The van der Waals surface area contributed by atoms with Crippen LogP contribution in [-0.4, -0.2) is 48.6 Å². The number of nitrogens with zero attached hydrogens (tertiary/aromatic N) is 2. The fraction of sp³-hybridized carbons (Fsp3) is 1.00. The third-order valence-corrected chi connectivity index (χ3v) is 3.93. The molecule has 0 aliphatic carbocycles. The highest BCUT2D eigenvalue weighted by atomic mass is 15.2. The Morgan fingerprint density at radius 3 is 2.53 bits per heavy atom. The molecule has 2 nitrogen and oxygen atoms in total. The van der Waals surface area contributed by atoms with E-state index in [0.717, 1.165) is 6.04 Å². The van der Waals surface area contributed by atoms with Gasteiger partial charge in [-0.2, -0.15) is 0 Å². The fourth-order valence-corrected chi connectivity index (χ4v) is 3.12. The van der Waals surface area contributed by atoms with Crippen molar-refractivity contribution < 1.29 is 0 Å². The van der Waals surface area contributed by atoms with E-state index in [2.05, 4.69) is 16.7 Å². The van der Waals surface area contributed by atoms with Crippen LogP contribution < -0.4 is 0 Å². The summed E-state index contributed by atoms with van der Waals surface area (Å²) in [6.07, 6.45) is 8.51. The van der Waals surface area contributed by atoms with Gasteiger partial charge in [0.1, 0.15) is 0 Å². The lowest BCUT2D eigenvalue weighted by atomic mass is 10.1. The Morgan fingerprint density at radius 2 is 1.80 bits per heavy atom. The Bertz CT molecular complexity index is 175. The molecule has 0 spiro atoms. The minimum atomic E-state index is 0.878. The SMILES string of the molecule is CCCN1CCCC1CN1CCCCC1. The first-order chi connectivity index (χ1) is 7.40. The predicted molar refractivity (Wildman–Crippen MR) is 65.2 cm³/mol. The lowest BCUT2D eigenvalue weighted by Gasteiger charge is -2.32. The molecule has 1 atom stereocenters. The zero-order valence-electron chi connectivity index (χ0n) is 10.2. The lowest BCUT2D eigenvalue weighted by molar-refractivity contribution is 0.153. The van der Waals surface area contributed by atoms with E-state index in [1.54, 1.807) is 0 Å². The summed E-state index contributed by atoms with van der Waals surface area (Å²) in [5, 5.41) is 0. The van der Waals surface area contributed by atoms with Crippen LogP contribution in [-0.2, 0) is 0 Å². The second-order valence-electron chi connectivity index (χ2n) is 5.19. The van der Waals surface area contributed by atoms with Gasteiger partial charge < -0.3 is 4.90 Å². The molecule has 2 rings (SSSR count). The number of rotatable bonds is 4. The minimum absolute atomic E-state index is 0.878. The second-order valence-corrected chi connectivity index (χ2v) is 5.19. The van der Waals surface area contributed by atoms with Crippen LogP contribution >= 0.6 is 0 Å². The van der Waals surface area contributed by atoms with E-state index in [1.165, 1.54) is 71.2 Å². The zero-order valence-corrected chi connectivity index (χ0v) is 10.2. The van der Waals surface area contributed by atoms with Crippen LogP contribution in [0.3, 0.4) is 0 Å². The van der Waals surface area contributed by atoms with Crippen LogP contribution in [0.15, 0.2) is 0 Å². The van der Waals surface area contributed by atoms with E-state index in [0.29, 0.717) is 0 Å². The zero-order chi connectivity index (χ0) is 10.5. The molecule has 0 aromatic rings. The Kier molecular flexibility index (Phi) is 4.45. The Balaban J connectivity index is 1.76. The summed E-state index contributed by atoms with van der Waals surface area (Å²) in [6, 6.07) is 0.878. The molecule has 0 amide bonds. The highest BCUT2D eigenvalue weighted by molar-refractivity contribution is 4.82. The summed E-state index contributed by atoms with van der Waals surface area (Å²) in [7, 11) is 0. The average Bonchev–Trinajstić information content (AvgIpc) is 2.68. The molecule has 0 aromatic carbocycles. The molecule has 0 saturated carbocycles. The van der Waals surface area contributed by atoms with Gasteiger partial charge >= 0.3 is 0 Å². The van der Waals surface area contributed by atoms with Crippen molar-refractivity contribution in [1.82, 2.24) is 9.80 Å². The monoisotopic (exact) mass is 210 g/mol. The summed E-state index contributed by atoms with van der Waals surface area (Å²) in [5.74, 6) is 0. The van der Waals surface area contributed by atoms with Crippen molar-refractivity contribution in [2.24, 2.45) is 0 Å². The minimum Gasteiger partial charge on any atom is -0.302 e. The van der Waals surface area contributed by atoms with Crippen molar-refractivity contribution in [3.8, 4) is 0 Å². The van der Waals surface area contributed by atoms with Crippen LogP contribution in [0.1, 0.15) is 45.4 Å². The molecule has 2 aliphatic rings. The molecule has 2 heterocycles. The Hall–Kier alpha value is -0.0800. The maximum absolute atomic E-state index is 2.72. The standard InChI is InChI=1S/C13H26N2/c1-2-8-15-11-6-7-13(15)12-14-9-4-3-5-10-14/h13H,2-12H2,1H3. The van der Waals surface area contributed by atoms with Crippen molar-refractivity contribution >= 4 is 0 Å². The van der Waals surface area contributed by atoms with Gasteiger partial charge in [-0.15, -0.1) is 0 Å². The molecule has 0 radical (unpaired) electrons. The van der Waals surface area contributed by atoms with E-state index in [9.17, 15) is 0 Å². The molecule has 2 saturated heterocycles. The molecule has 2 heteroatoms. The normalized spacial score (nSPS) is 29.8. The highest BCUT2D eigenvalue weighted by Gasteiger charge is 2.25. The number of hydrogen-bond donors (Lipinski definition) is 0. The molecule has 88 valence electrons. The fourth-order valence-electron chi connectivity index (χ4n) is 3.12. The van der Waals surface area contributed by atoms with Crippen LogP contribution in [0.2, 0.25) is 0 Å². The van der Waals surface area contributed by atoms with Gasteiger partial charge in [0.15, 0.2) is 0 Å². The third-order valence-electron chi connectivity index (χ3n) is 3.93. The van der Waals surface area contributed by atoms with Gasteiger partial charge in [-0.3, -0.25) is 4.90 Å². The van der Waals surface area contributed by atoms with E-state index in [4.69, 9.17) is 0 Å². The van der Waals surface area contributed by atoms with Gasteiger partial charge in [-0.1, -0.05) is 13.3 Å². The lowest BCUT2D eigenvalue weighted by Crippen LogP contribution is -2.42. The van der Waals surface area contributed by atoms with Gasteiger partial charge in [0, 0.05) is 12.6 Å². The smallest absolute Gasteiger partial charge is 0.0223 e. The Morgan fingerprint density at radius 1 is 1.00 bits per heavy atom. The second kappa shape index (κ2) is 5.86. The number of hydrogen-bond acceptors (Lipinski definition) is 2. The topological polar surface area (TPSA) is 6.48 Å². The summed E-state index contributed by atoms with van der Waals surface area (Å²) >= 11 is 0. The van der Waals surface area contributed by atoms with E-state index >= 15 is 0 Å². The van der Waals surface area contributed by atoms with E-state index < -0.39 is 0 Å². The first-order valence-electron chi connectivity index (χ1n) is 6.86. The van der Waals surface area contributed by atoms with Crippen LogP contribution in [0, 0.1) is 0 Å². The van der Waals surface area contributed by atoms with Gasteiger partial charge in [0.05, 0.1) is 0 Å². The van der Waals surface area contributed by atoms with Crippen molar-refractivity contribution in [3.05, 3.63) is 0 Å². The van der Waals surface area contributed by atoms with Gasteiger partial charge in [0.25, 0.3) is 0 Å². The van der Waals surface area contributed by atoms with E-state index in [1.807, 2.05) is 0 Å². The average molecular weight is 210 g/mol. The molecule has 2 fully saturated rings. The maximum atomic E-state index is 2.72. The third kappa shape index (κ3) is 3.18. The molecular formula is C13H26N2. The van der Waals surface area contributed by atoms with E-state index in [-0.39, 0.29) is 0 Å². The summed E-state index contributed by atoms with van der Waals surface area (Å²) in [4.78, 5) is 5.41. The molecule has 0 N–H and O–H groups in total. The van der Waals surface area contributed by atoms with Gasteiger partial charge in [-0.05, 0) is 58.3 Å². The number of piperidine rings is 1. The summed E-state index contributed by atoms with van der Waals surface area (Å²) in [6.45, 7) is 9.04. The van der Waals surface area contributed by atoms with Crippen LogP contribution in [0.4, 0.5) is 0 Å². The highest BCUT2D eigenvalue weighted by Crippen LogP contribution is 2.20. The first-order valence-corrected chi connectivity index (χ1v) is 6.86. The molecule has 0 aromatic heterocycles. The molecule has 1 unspecified atom stereocenters. The molecule has 2 aliphatic heterocycles. The summed E-state index contributed by atoms with van der Waals surface area (Å²) in [5.41, 5.74) is 0. The maximum Gasteiger partial charge on any atom is 0.0223 e. The largest absolute Gasteiger partial charge is 0.302 e. The van der Waals surface area contributed by atoms with Crippen molar-refractivity contribution in [2.75, 3.05) is 32.7 Å². The van der Waals surface area contributed by atoms with Gasteiger partial charge in [-0.25, -0.2) is 0 Å². The van der Waals surface area contributed by atoms with Gasteiger partial charge in [0.2, 0.25) is 0 Å². The molecular weight excluding hydrogens is 184 g/mol. The van der Waals surface area contributed by atoms with Crippen molar-refractivity contribution in [3.63, 3.8) is 0 Å². The van der Waals surface area contributed by atoms with Crippen LogP contribution in [0.5, 0.6) is 0 Å². The predicted octanol–water partition coefficient (Wildman–Crippen LogP) is 2.35. The number of likely N-dealkylation sites (tertiary alicyclic amines) is 2. The Labute approximate surface area is 94.6 Å². The van der Waals surface area contributed by atoms with Crippen LogP contribution in [0.25, 0.3) is 0 Å². The summed E-state index contributed by atoms with van der Waals surface area (Å²) < 4.78 is 0. The van der Waals surface area contributed by atoms with Crippen molar-refractivity contribution in [1.29, 1.82) is 0 Å². The quantitative estimate of drug-likeness (QED) is 0.703. The molecule has 0 bridgehead atoms. The van der Waals surface area contributed by atoms with Crippen molar-refractivity contribution in [2.45, 2.75) is 51.5 Å².